The summed E-state index contributed by atoms with van der Waals surface area (Å²) in [4.78, 5) is 0. The van der Waals surface area contributed by atoms with Gasteiger partial charge in [-0.25, -0.2) is 0 Å². The minimum Gasteiger partial charge on any atom is -0.456 e. The molecule has 0 radical (unpaired) electrons. The van der Waals surface area contributed by atoms with E-state index in [2.05, 4.69) is 121 Å². The number of fused-ring (bicyclic) bond motifs is 6. The van der Waals surface area contributed by atoms with Gasteiger partial charge in [0, 0.05) is 10.8 Å². The number of hydrogen-bond acceptors (Lipinski definition) is 1. The Morgan fingerprint density at radius 2 is 0.811 bits per heavy atom. The number of para-hydroxylation sites is 1. The Morgan fingerprint density at radius 3 is 1.49 bits per heavy atom. The van der Waals surface area contributed by atoms with Crippen LogP contribution in [0.1, 0.15) is 0 Å². The zero-order valence-electron chi connectivity index (χ0n) is 20.1. The van der Waals surface area contributed by atoms with Crippen molar-refractivity contribution in [3.8, 4) is 22.3 Å². The van der Waals surface area contributed by atoms with Crippen LogP contribution >= 0.6 is 0 Å². The second kappa shape index (κ2) is 7.81. The molecule has 1 nitrogen and oxygen atoms in total. The Bertz CT molecular complexity index is 2090. The fourth-order valence-electron chi connectivity index (χ4n) is 5.98. The van der Waals surface area contributed by atoms with Crippen LogP contribution in [0, 0.1) is 0 Å². The Hall–Kier alpha value is -4.88. The van der Waals surface area contributed by atoms with Gasteiger partial charge in [0.1, 0.15) is 11.2 Å². The minimum absolute atomic E-state index is 0.922. The average molecular weight is 471 g/mol. The zero-order chi connectivity index (χ0) is 24.3. The Morgan fingerprint density at radius 1 is 0.324 bits per heavy atom. The molecule has 0 aliphatic heterocycles. The highest BCUT2D eigenvalue weighted by Crippen LogP contribution is 2.45. The summed E-state index contributed by atoms with van der Waals surface area (Å²) < 4.78 is 6.27. The predicted octanol–water partition coefficient (Wildman–Crippen LogP) is 10.4. The smallest absolute Gasteiger partial charge is 0.136 e. The molecular formula is C36H22O. The molecule has 1 heterocycles. The molecule has 0 unspecified atom stereocenters. The SMILES string of the molecule is c1ccc2cc(-c3c4ccccc4c(-c4ccc5c(c4)oc4ccccc45)c4ccccc34)ccc2c1. The molecule has 7 aromatic carbocycles. The molecule has 0 saturated carbocycles. The van der Waals surface area contributed by atoms with Gasteiger partial charge in [-0.15, -0.1) is 0 Å². The highest BCUT2D eigenvalue weighted by molar-refractivity contribution is 6.22. The van der Waals surface area contributed by atoms with Crippen LogP contribution in [0.15, 0.2) is 138 Å². The van der Waals surface area contributed by atoms with E-state index in [1.54, 1.807) is 0 Å². The quantitative estimate of drug-likeness (QED) is 0.229. The summed E-state index contributed by atoms with van der Waals surface area (Å²) in [7, 11) is 0. The number of benzene rings is 7. The maximum Gasteiger partial charge on any atom is 0.136 e. The molecule has 0 spiro atoms. The standard InChI is InChI=1S/C36H22O/c1-2-10-24-21-25(18-17-23(24)9-1)35-29-12-3-5-14-31(29)36(32-15-6-4-13-30(32)35)26-19-20-28-27-11-7-8-16-33(27)37-34(28)22-26/h1-22H. The van der Waals surface area contributed by atoms with Gasteiger partial charge in [0.25, 0.3) is 0 Å². The molecule has 37 heavy (non-hydrogen) atoms. The van der Waals surface area contributed by atoms with Gasteiger partial charge < -0.3 is 4.42 Å². The van der Waals surface area contributed by atoms with Gasteiger partial charge in [-0.05, 0) is 78.8 Å². The number of furan rings is 1. The highest BCUT2D eigenvalue weighted by atomic mass is 16.3. The molecule has 0 bridgehead atoms. The molecule has 8 aromatic rings. The van der Waals surface area contributed by atoms with Gasteiger partial charge in [0.05, 0.1) is 0 Å². The van der Waals surface area contributed by atoms with Crippen molar-refractivity contribution in [2.24, 2.45) is 0 Å². The van der Waals surface area contributed by atoms with Gasteiger partial charge in [0.15, 0.2) is 0 Å². The van der Waals surface area contributed by atoms with Crippen LogP contribution < -0.4 is 0 Å². The van der Waals surface area contributed by atoms with Crippen molar-refractivity contribution in [2.75, 3.05) is 0 Å². The van der Waals surface area contributed by atoms with Crippen molar-refractivity contribution in [3.05, 3.63) is 133 Å². The van der Waals surface area contributed by atoms with Crippen LogP contribution in [0.2, 0.25) is 0 Å². The van der Waals surface area contributed by atoms with Crippen molar-refractivity contribution in [1.29, 1.82) is 0 Å². The third kappa shape index (κ3) is 3.04. The Labute approximate surface area is 214 Å². The van der Waals surface area contributed by atoms with E-state index in [4.69, 9.17) is 4.42 Å². The molecule has 0 fully saturated rings. The van der Waals surface area contributed by atoms with Gasteiger partial charge in [0.2, 0.25) is 0 Å². The molecule has 1 heteroatoms. The number of hydrogen-bond donors (Lipinski definition) is 0. The first-order valence-electron chi connectivity index (χ1n) is 12.7. The van der Waals surface area contributed by atoms with Crippen LogP contribution in [-0.2, 0) is 0 Å². The third-order valence-corrected chi connectivity index (χ3v) is 7.64. The predicted molar refractivity (Wildman–Crippen MR) is 157 cm³/mol. The molecule has 8 rings (SSSR count). The molecular weight excluding hydrogens is 448 g/mol. The van der Waals surface area contributed by atoms with Crippen molar-refractivity contribution in [1.82, 2.24) is 0 Å². The van der Waals surface area contributed by atoms with Gasteiger partial charge in [-0.3, -0.25) is 0 Å². The first-order valence-corrected chi connectivity index (χ1v) is 12.7. The summed E-state index contributed by atoms with van der Waals surface area (Å²) in [5, 5.41) is 9.85. The van der Waals surface area contributed by atoms with Crippen molar-refractivity contribution in [3.63, 3.8) is 0 Å². The molecule has 0 N–H and O–H groups in total. The van der Waals surface area contributed by atoms with Gasteiger partial charge in [-0.1, -0.05) is 109 Å². The lowest BCUT2D eigenvalue weighted by Crippen LogP contribution is -1.90. The topological polar surface area (TPSA) is 13.1 Å². The van der Waals surface area contributed by atoms with Crippen LogP contribution in [-0.4, -0.2) is 0 Å². The summed E-state index contributed by atoms with van der Waals surface area (Å²) in [5.74, 6) is 0. The molecule has 0 saturated heterocycles. The van der Waals surface area contributed by atoms with E-state index >= 15 is 0 Å². The summed E-state index contributed by atoms with van der Waals surface area (Å²) >= 11 is 0. The van der Waals surface area contributed by atoms with E-state index in [1.807, 2.05) is 12.1 Å². The minimum atomic E-state index is 0.922. The second-order valence-electron chi connectivity index (χ2n) is 9.71. The summed E-state index contributed by atoms with van der Waals surface area (Å²) in [5.41, 5.74) is 6.79. The van der Waals surface area contributed by atoms with E-state index in [1.165, 1.54) is 54.6 Å². The number of rotatable bonds is 2. The fraction of sp³-hybridized carbons (Fsp3) is 0. The lowest BCUT2D eigenvalue weighted by atomic mass is 9.85. The van der Waals surface area contributed by atoms with Gasteiger partial charge >= 0.3 is 0 Å². The summed E-state index contributed by atoms with van der Waals surface area (Å²) in [6, 6.07) is 47.9. The largest absolute Gasteiger partial charge is 0.456 e. The lowest BCUT2D eigenvalue weighted by Gasteiger charge is -2.18. The second-order valence-corrected chi connectivity index (χ2v) is 9.71. The zero-order valence-corrected chi connectivity index (χ0v) is 20.1. The van der Waals surface area contributed by atoms with E-state index in [0.29, 0.717) is 0 Å². The van der Waals surface area contributed by atoms with Crippen LogP contribution in [0.25, 0.3) is 76.5 Å². The first-order chi connectivity index (χ1) is 18.3. The average Bonchev–Trinajstić information content (AvgIpc) is 3.33. The van der Waals surface area contributed by atoms with Crippen LogP contribution in [0.5, 0.6) is 0 Å². The maximum atomic E-state index is 6.27. The normalized spacial score (nSPS) is 11.8. The van der Waals surface area contributed by atoms with Crippen molar-refractivity contribution >= 4 is 54.3 Å². The van der Waals surface area contributed by atoms with Gasteiger partial charge in [-0.2, -0.15) is 0 Å². The van der Waals surface area contributed by atoms with E-state index in [-0.39, 0.29) is 0 Å². The van der Waals surface area contributed by atoms with Crippen molar-refractivity contribution in [2.45, 2.75) is 0 Å². The van der Waals surface area contributed by atoms with E-state index in [0.717, 1.165) is 21.9 Å². The Balaban J connectivity index is 1.47. The summed E-state index contributed by atoms with van der Waals surface area (Å²) in [6.07, 6.45) is 0. The summed E-state index contributed by atoms with van der Waals surface area (Å²) in [6.45, 7) is 0. The maximum absolute atomic E-state index is 6.27. The third-order valence-electron chi connectivity index (χ3n) is 7.64. The van der Waals surface area contributed by atoms with Crippen LogP contribution in [0.4, 0.5) is 0 Å². The fourth-order valence-corrected chi connectivity index (χ4v) is 5.98. The van der Waals surface area contributed by atoms with E-state index in [9.17, 15) is 0 Å². The molecule has 0 aliphatic carbocycles. The molecule has 0 aliphatic rings. The molecule has 0 amide bonds. The highest BCUT2D eigenvalue weighted by Gasteiger charge is 2.17. The Kier molecular flexibility index (Phi) is 4.29. The molecule has 172 valence electrons. The molecule has 0 atom stereocenters. The van der Waals surface area contributed by atoms with Crippen molar-refractivity contribution < 1.29 is 4.42 Å². The van der Waals surface area contributed by atoms with E-state index < -0.39 is 0 Å². The first kappa shape index (κ1) is 20.3. The molecule has 1 aromatic heterocycles. The van der Waals surface area contributed by atoms with Crippen LogP contribution in [0.3, 0.4) is 0 Å². The monoisotopic (exact) mass is 470 g/mol. The lowest BCUT2D eigenvalue weighted by molar-refractivity contribution is 0.669.